The molecule has 1 aliphatic carbocycles. The molecule has 0 aromatic carbocycles. The van der Waals surface area contributed by atoms with E-state index in [1.165, 1.54) is 4.88 Å². The zero-order valence-electron chi connectivity index (χ0n) is 9.22. The van der Waals surface area contributed by atoms with Gasteiger partial charge in [-0.1, -0.05) is 13.8 Å². The predicted octanol–water partition coefficient (Wildman–Crippen LogP) is 3.99. The van der Waals surface area contributed by atoms with Crippen LogP contribution < -0.4 is 0 Å². The summed E-state index contributed by atoms with van der Waals surface area (Å²) in [4.78, 5) is 1.28. The maximum absolute atomic E-state index is 10.5. The SMILES string of the molecule is CC1(C)CCC(O)(Cc2cc(Br)cs2)C1. The highest BCUT2D eigenvalue weighted by Crippen LogP contribution is 2.45. The van der Waals surface area contributed by atoms with E-state index >= 15 is 0 Å². The molecule has 3 heteroatoms. The van der Waals surface area contributed by atoms with Gasteiger partial charge in [0.15, 0.2) is 0 Å². The Labute approximate surface area is 104 Å². The molecule has 2 rings (SSSR count). The zero-order valence-corrected chi connectivity index (χ0v) is 11.6. The van der Waals surface area contributed by atoms with Gasteiger partial charge in [0.25, 0.3) is 0 Å². The van der Waals surface area contributed by atoms with Crippen LogP contribution in [0, 0.1) is 5.41 Å². The molecule has 1 unspecified atom stereocenters. The summed E-state index contributed by atoms with van der Waals surface area (Å²) in [6.45, 7) is 4.49. The van der Waals surface area contributed by atoms with Crippen LogP contribution in [-0.2, 0) is 6.42 Å². The Morgan fingerprint density at radius 2 is 2.20 bits per heavy atom. The summed E-state index contributed by atoms with van der Waals surface area (Å²) < 4.78 is 1.13. The second-order valence-corrected chi connectivity index (χ2v) is 7.38. The highest BCUT2D eigenvalue weighted by molar-refractivity contribution is 9.10. The Kier molecular flexibility index (Phi) is 2.99. The minimum absolute atomic E-state index is 0.309. The van der Waals surface area contributed by atoms with E-state index < -0.39 is 5.60 Å². The Morgan fingerprint density at radius 3 is 2.67 bits per heavy atom. The molecule has 1 saturated carbocycles. The largest absolute Gasteiger partial charge is 0.389 e. The summed E-state index contributed by atoms with van der Waals surface area (Å²) in [7, 11) is 0. The highest BCUT2D eigenvalue weighted by atomic mass is 79.9. The maximum Gasteiger partial charge on any atom is 0.0701 e. The summed E-state index contributed by atoms with van der Waals surface area (Å²) in [6.07, 6.45) is 3.81. The van der Waals surface area contributed by atoms with Crippen molar-refractivity contribution >= 4 is 27.3 Å². The van der Waals surface area contributed by atoms with Gasteiger partial charge in [-0.25, -0.2) is 0 Å². The van der Waals surface area contributed by atoms with Crippen LogP contribution in [0.15, 0.2) is 15.9 Å². The molecule has 0 saturated heterocycles. The normalized spacial score (nSPS) is 29.6. The molecule has 15 heavy (non-hydrogen) atoms. The number of hydrogen-bond donors (Lipinski definition) is 1. The quantitative estimate of drug-likeness (QED) is 0.872. The van der Waals surface area contributed by atoms with E-state index in [1.54, 1.807) is 11.3 Å². The van der Waals surface area contributed by atoms with Crippen molar-refractivity contribution in [3.63, 3.8) is 0 Å². The molecule has 84 valence electrons. The first-order valence-corrected chi connectivity index (χ1v) is 7.01. The summed E-state index contributed by atoms with van der Waals surface area (Å²) >= 11 is 5.18. The lowest BCUT2D eigenvalue weighted by molar-refractivity contribution is 0.0386. The molecule has 0 amide bonds. The first kappa shape index (κ1) is 11.6. The van der Waals surface area contributed by atoms with Gasteiger partial charge in [0.1, 0.15) is 0 Å². The van der Waals surface area contributed by atoms with E-state index in [9.17, 15) is 5.11 Å². The fraction of sp³-hybridized carbons (Fsp3) is 0.667. The van der Waals surface area contributed by atoms with E-state index in [1.807, 2.05) is 0 Å². The third kappa shape index (κ3) is 2.83. The maximum atomic E-state index is 10.5. The molecule has 1 heterocycles. The second-order valence-electron chi connectivity index (χ2n) is 5.47. The fourth-order valence-corrected chi connectivity index (χ4v) is 4.15. The lowest BCUT2D eigenvalue weighted by Crippen LogP contribution is -2.28. The standard InChI is InChI=1S/C12H17BrOS/c1-11(2)3-4-12(14,8-11)6-10-5-9(13)7-15-10/h5,7,14H,3-4,6,8H2,1-2H3. The summed E-state index contributed by atoms with van der Waals surface area (Å²) in [5.41, 5.74) is -0.156. The first-order chi connectivity index (χ1) is 6.89. The molecule has 1 aliphatic rings. The van der Waals surface area contributed by atoms with E-state index in [-0.39, 0.29) is 0 Å². The topological polar surface area (TPSA) is 20.2 Å². The average molecular weight is 289 g/mol. The molecule has 1 nitrogen and oxygen atoms in total. The van der Waals surface area contributed by atoms with Crippen molar-refractivity contribution in [2.24, 2.45) is 5.41 Å². The smallest absolute Gasteiger partial charge is 0.0701 e. The van der Waals surface area contributed by atoms with E-state index in [0.717, 1.165) is 30.2 Å². The molecule has 0 radical (unpaired) electrons. The van der Waals surface area contributed by atoms with Crippen molar-refractivity contribution in [1.82, 2.24) is 0 Å². The molecule has 1 fully saturated rings. The molecule has 0 spiro atoms. The number of halogens is 1. The summed E-state index contributed by atoms with van der Waals surface area (Å²) in [6, 6.07) is 2.12. The van der Waals surface area contributed by atoms with Crippen molar-refractivity contribution in [3.8, 4) is 0 Å². The third-order valence-corrected chi connectivity index (χ3v) is 4.90. The van der Waals surface area contributed by atoms with Crippen LogP contribution in [0.4, 0.5) is 0 Å². The van der Waals surface area contributed by atoms with Crippen LogP contribution in [0.5, 0.6) is 0 Å². The van der Waals surface area contributed by atoms with E-state index in [4.69, 9.17) is 0 Å². The van der Waals surface area contributed by atoms with Crippen molar-refractivity contribution in [2.75, 3.05) is 0 Å². The van der Waals surface area contributed by atoms with E-state index in [2.05, 4.69) is 41.2 Å². The van der Waals surface area contributed by atoms with Gasteiger partial charge in [-0.15, -0.1) is 11.3 Å². The lowest BCUT2D eigenvalue weighted by atomic mass is 9.88. The summed E-state index contributed by atoms with van der Waals surface area (Å²) in [5.74, 6) is 0. The van der Waals surface area contributed by atoms with Gasteiger partial charge in [0.05, 0.1) is 5.60 Å². The number of aliphatic hydroxyl groups is 1. The van der Waals surface area contributed by atoms with Crippen molar-refractivity contribution in [1.29, 1.82) is 0 Å². The second kappa shape index (κ2) is 3.86. The lowest BCUT2D eigenvalue weighted by Gasteiger charge is -2.24. The monoisotopic (exact) mass is 288 g/mol. The molecular formula is C12H17BrOS. The van der Waals surface area contributed by atoms with Crippen molar-refractivity contribution in [2.45, 2.75) is 45.1 Å². The van der Waals surface area contributed by atoms with Crippen LogP contribution in [-0.4, -0.2) is 10.7 Å². The van der Waals surface area contributed by atoms with Gasteiger partial charge in [0, 0.05) is 21.2 Å². The minimum Gasteiger partial charge on any atom is -0.389 e. The Balaban J connectivity index is 2.06. The molecule has 1 atom stereocenters. The van der Waals surface area contributed by atoms with E-state index in [0.29, 0.717) is 5.41 Å². The Bertz CT molecular complexity index is 358. The molecule has 1 N–H and O–H groups in total. The number of thiophene rings is 1. The highest BCUT2D eigenvalue weighted by Gasteiger charge is 2.41. The molecule has 0 bridgehead atoms. The van der Waals surface area contributed by atoms with Gasteiger partial charge in [0.2, 0.25) is 0 Å². The molecular weight excluding hydrogens is 272 g/mol. The number of hydrogen-bond acceptors (Lipinski definition) is 2. The van der Waals surface area contributed by atoms with Crippen molar-refractivity contribution < 1.29 is 5.11 Å². The third-order valence-electron chi connectivity index (χ3n) is 3.20. The Morgan fingerprint density at radius 1 is 1.47 bits per heavy atom. The van der Waals surface area contributed by atoms with Crippen LogP contribution in [0.3, 0.4) is 0 Å². The average Bonchev–Trinajstić information content (AvgIpc) is 2.57. The van der Waals surface area contributed by atoms with Gasteiger partial charge in [-0.3, -0.25) is 0 Å². The predicted molar refractivity (Wildman–Crippen MR) is 68.3 cm³/mol. The van der Waals surface area contributed by atoms with Gasteiger partial charge in [-0.2, -0.15) is 0 Å². The van der Waals surface area contributed by atoms with Crippen LogP contribution in [0.1, 0.15) is 38.0 Å². The van der Waals surface area contributed by atoms with Crippen molar-refractivity contribution in [3.05, 3.63) is 20.8 Å². The zero-order chi connectivity index (χ0) is 11.1. The van der Waals surface area contributed by atoms with Crippen LogP contribution in [0.25, 0.3) is 0 Å². The minimum atomic E-state index is -0.464. The molecule has 1 aromatic heterocycles. The summed E-state index contributed by atoms with van der Waals surface area (Å²) in [5, 5.41) is 12.6. The molecule has 1 aromatic rings. The number of rotatable bonds is 2. The van der Waals surface area contributed by atoms with Gasteiger partial charge < -0.3 is 5.11 Å². The van der Waals surface area contributed by atoms with Gasteiger partial charge >= 0.3 is 0 Å². The van der Waals surface area contributed by atoms with Gasteiger partial charge in [-0.05, 0) is 46.7 Å². The molecule has 0 aliphatic heterocycles. The van der Waals surface area contributed by atoms with Crippen LogP contribution >= 0.6 is 27.3 Å². The fourth-order valence-electron chi connectivity index (χ4n) is 2.56. The van der Waals surface area contributed by atoms with Crippen LogP contribution in [0.2, 0.25) is 0 Å². The first-order valence-electron chi connectivity index (χ1n) is 5.34. The Hall–Kier alpha value is 0.140.